The summed E-state index contributed by atoms with van der Waals surface area (Å²) in [5.74, 6) is 0.0163. The van der Waals surface area contributed by atoms with Crippen molar-refractivity contribution in [2.45, 2.75) is 37.8 Å². The molecule has 0 aromatic heterocycles. The van der Waals surface area contributed by atoms with Crippen LogP contribution in [-0.4, -0.2) is 11.9 Å². The highest BCUT2D eigenvalue weighted by Crippen LogP contribution is 2.10. The van der Waals surface area contributed by atoms with E-state index in [-0.39, 0.29) is 26.1 Å². The lowest BCUT2D eigenvalue weighted by Crippen LogP contribution is -2.10. The van der Waals surface area contributed by atoms with E-state index in [2.05, 4.69) is 0 Å². The van der Waals surface area contributed by atoms with Crippen molar-refractivity contribution in [2.24, 2.45) is 0 Å². The van der Waals surface area contributed by atoms with E-state index in [1.54, 1.807) is 0 Å². The molecule has 138 valence electrons. The molecule has 0 unspecified atom stereocenters. The summed E-state index contributed by atoms with van der Waals surface area (Å²) >= 11 is 11.4. The van der Waals surface area contributed by atoms with Gasteiger partial charge in [-0.05, 0) is 22.3 Å². The van der Waals surface area contributed by atoms with Crippen molar-refractivity contribution in [3.05, 3.63) is 70.8 Å². The van der Waals surface area contributed by atoms with Gasteiger partial charge in [-0.1, -0.05) is 48.5 Å². The van der Waals surface area contributed by atoms with E-state index in [1.165, 1.54) is 0 Å². The summed E-state index contributed by atoms with van der Waals surface area (Å²) in [5, 5.41) is 0. The van der Waals surface area contributed by atoms with Crippen LogP contribution in [0.4, 0.5) is 0 Å². The molecule has 0 spiro atoms. The summed E-state index contributed by atoms with van der Waals surface area (Å²) in [4.78, 5) is 23.5. The first-order valence-corrected chi connectivity index (χ1v) is 9.26. The van der Waals surface area contributed by atoms with Crippen LogP contribution in [0.2, 0.25) is 0 Å². The predicted molar refractivity (Wildman–Crippen MR) is 101 cm³/mol. The molecule has 0 heterocycles. The van der Waals surface area contributed by atoms with Gasteiger partial charge in [-0.2, -0.15) is 0 Å². The zero-order valence-electron chi connectivity index (χ0n) is 14.3. The van der Waals surface area contributed by atoms with Gasteiger partial charge in [0.05, 0.1) is 12.8 Å². The quantitative estimate of drug-likeness (QED) is 0.455. The molecule has 0 radical (unpaired) electrons. The molecule has 0 amide bonds. The number of carbonyl (C=O) groups is 2. The van der Waals surface area contributed by atoms with Crippen molar-refractivity contribution < 1.29 is 19.1 Å². The van der Waals surface area contributed by atoms with Crippen molar-refractivity contribution in [3.63, 3.8) is 0 Å². The molecule has 0 atom stereocenters. The smallest absolute Gasteiger partial charge is 0.306 e. The number of alkyl halides is 2. The highest BCUT2D eigenvalue weighted by atomic mass is 35.5. The Bertz CT molecular complexity index is 648. The molecule has 0 bridgehead atoms. The van der Waals surface area contributed by atoms with Crippen LogP contribution in [0.5, 0.6) is 0 Å². The molecule has 0 saturated carbocycles. The number of hydrogen-bond acceptors (Lipinski definition) is 4. The fourth-order valence-corrected chi connectivity index (χ4v) is 2.48. The average molecular weight is 395 g/mol. The van der Waals surface area contributed by atoms with Gasteiger partial charge in [-0.15, -0.1) is 23.2 Å². The minimum atomic E-state index is -0.435. The SMILES string of the molecule is O=C(CCC(=O)OCc1ccc(CCl)cc1)OCc1ccc(CCl)cc1. The number of carbonyl (C=O) groups excluding carboxylic acids is 2. The average Bonchev–Trinajstić information content (AvgIpc) is 2.69. The van der Waals surface area contributed by atoms with Gasteiger partial charge < -0.3 is 9.47 Å². The molecule has 0 aliphatic carbocycles. The topological polar surface area (TPSA) is 52.6 Å². The van der Waals surface area contributed by atoms with Gasteiger partial charge in [0.15, 0.2) is 0 Å². The van der Waals surface area contributed by atoms with E-state index in [1.807, 2.05) is 48.5 Å². The van der Waals surface area contributed by atoms with Crippen LogP contribution in [0.3, 0.4) is 0 Å². The Kier molecular flexibility index (Phi) is 8.45. The number of halogens is 2. The second kappa shape index (κ2) is 10.8. The van der Waals surface area contributed by atoms with E-state index >= 15 is 0 Å². The summed E-state index contributed by atoms with van der Waals surface area (Å²) in [6, 6.07) is 15.0. The van der Waals surface area contributed by atoms with Crippen LogP contribution < -0.4 is 0 Å². The Labute approximate surface area is 163 Å². The van der Waals surface area contributed by atoms with Crippen molar-refractivity contribution in [1.82, 2.24) is 0 Å². The Morgan fingerprint density at radius 1 is 0.615 bits per heavy atom. The van der Waals surface area contributed by atoms with E-state index in [9.17, 15) is 9.59 Å². The monoisotopic (exact) mass is 394 g/mol. The van der Waals surface area contributed by atoms with Crippen LogP contribution in [0, 0.1) is 0 Å². The molecule has 2 aromatic carbocycles. The lowest BCUT2D eigenvalue weighted by atomic mass is 10.2. The van der Waals surface area contributed by atoms with Gasteiger partial charge in [0.2, 0.25) is 0 Å². The maximum atomic E-state index is 11.7. The van der Waals surface area contributed by atoms with Gasteiger partial charge in [-0.3, -0.25) is 9.59 Å². The third-order valence-electron chi connectivity index (χ3n) is 3.69. The van der Waals surface area contributed by atoms with Crippen molar-refractivity contribution in [1.29, 1.82) is 0 Å². The van der Waals surface area contributed by atoms with Gasteiger partial charge in [0.1, 0.15) is 13.2 Å². The molecule has 0 N–H and O–H groups in total. The molecule has 4 nitrogen and oxygen atoms in total. The number of ether oxygens (including phenoxy) is 2. The van der Waals surface area contributed by atoms with Gasteiger partial charge in [0.25, 0.3) is 0 Å². The van der Waals surface area contributed by atoms with Gasteiger partial charge >= 0.3 is 11.9 Å². The fourth-order valence-electron chi connectivity index (χ4n) is 2.13. The van der Waals surface area contributed by atoms with Crippen molar-refractivity contribution in [3.8, 4) is 0 Å². The normalized spacial score (nSPS) is 10.4. The largest absolute Gasteiger partial charge is 0.461 e. The Balaban J connectivity index is 1.64. The minimum absolute atomic E-state index is 0.0101. The Hall–Kier alpha value is -2.04. The summed E-state index contributed by atoms with van der Waals surface area (Å²) in [6.07, 6.45) is -0.0203. The fraction of sp³-hybridized carbons (Fsp3) is 0.300. The summed E-state index contributed by atoms with van der Waals surface area (Å²) in [7, 11) is 0. The zero-order valence-corrected chi connectivity index (χ0v) is 15.8. The number of hydrogen-bond donors (Lipinski definition) is 0. The maximum absolute atomic E-state index is 11.7. The third kappa shape index (κ3) is 7.06. The zero-order chi connectivity index (χ0) is 18.8. The maximum Gasteiger partial charge on any atom is 0.306 e. The first-order valence-electron chi connectivity index (χ1n) is 8.19. The molecule has 6 heteroatoms. The Morgan fingerprint density at radius 3 is 1.23 bits per heavy atom. The van der Waals surface area contributed by atoms with Crippen LogP contribution >= 0.6 is 23.2 Å². The summed E-state index contributed by atoms with van der Waals surface area (Å²) in [5.41, 5.74) is 3.74. The van der Waals surface area contributed by atoms with Gasteiger partial charge in [-0.25, -0.2) is 0 Å². The summed E-state index contributed by atoms with van der Waals surface area (Å²) in [6.45, 7) is 0.340. The van der Waals surface area contributed by atoms with Gasteiger partial charge in [0, 0.05) is 11.8 Å². The second-order valence-corrected chi connectivity index (χ2v) is 6.26. The molecular formula is C20H20Cl2O4. The number of esters is 2. The van der Waals surface area contributed by atoms with Crippen LogP contribution in [0.25, 0.3) is 0 Å². The van der Waals surface area contributed by atoms with E-state index in [4.69, 9.17) is 32.7 Å². The number of rotatable bonds is 9. The molecule has 2 aromatic rings. The lowest BCUT2D eigenvalue weighted by molar-refractivity contribution is -0.151. The molecule has 0 fully saturated rings. The van der Waals surface area contributed by atoms with E-state index in [0.29, 0.717) is 11.8 Å². The van der Waals surface area contributed by atoms with Crippen molar-refractivity contribution >= 4 is 35.1 Å². The lowest BCUT2D eigenvalue weighted by Gasteiger charge is -2.07. The summed E-state index contributed by atoms with van der Waals surface area (Å²) < 4.78 is 10.3. The molecule has 2 rings (SSSR count). The predicted octanol–water partition coefficient (Wildman–Crippen LogP) is 4.73. The molecule has 0 aliphatic rings. The molecule has 26 heavy (non-hydrogen) atoms. The van der Waals surface area contributed by atoms with Crippen molar-refractivity contribution in [2.75, 3.05) is 0 Å². The van der Waals surface area contributed by atoms with Crippen LogP contribution in [0.15, 0.2) is 48.5 Å². The van der Waals surface area contributed by atoms with E-state index < -0.39 is 11.9 Å². The van der Waals surface area contributed by atoms with E-state index in [0.717, 1.165) is 22.3 Å². The van der Waals surface area contributed by atoms with Crippen LogP contribution in [-0.2, 0) is 44.0 Å². The molecule has 0 aliphatic heterocycles. The highest BCUT2D eigenvalue weighted by molar-refractivity contribution is 6.17. The van der Waals surface area contributed by atoms with Crippen LogP contribution in [0.1, 0.15) is 35.1 Å². The number of benzene rings is 2. The first kappa shape index (κ1) is 20.3. The minimum Gasteiger partial charge on any atom is -0.461 e. The molecular weight excluding hydrogens is 375 g/mol. The first-order chi connectivity index (χ1) is 12.6. The third-order valence-corrected chi connectivity index (χ3v) is 4.30. The molecule has 0 saturated heterocycles. The Morgan fingerprint density at radius 2 is 0.923 bits per heavy atom. The standard InChI is InChI=1S/C20H20Cl2O4/c21-11-15-1-5-17(6-2-15)13-25-19(23)9-10-20(24)26-14-18-7-3-16(12-22)4-8-18/h1-8H,9-14H2. The highest BCUT2D eigenvalue weighted by Gasteiger charge is 2.10. The second-order valence-electron chi connectivity index (χ2n) is 5.72.